The minimum absolute atomic E-state index is 0.318. The van der Waals surface area contributed by atoms with Crippen LogP contribution in [-0.4, -0.2) is 25.2 Å². The maximum Gasteiger partial charge on any atom is 0.293 e. The number of carbonyl (C=O) groups is 1. The van der Waals surface area contributed by atoms with Crippen LogP contribution in [0.1, 0.15) is 50.0 Å². The predicted octanol–water partition coefficient (Wildman–Crippen LogP) is 4.24. The summed E-state index contributed by atoms with van der Waals surface area (Å²) in [7, 11) is 0. The van der Waals surface area contributed by atoms with E-state index in [0.717, 1.165) is 12.5 Å². The largest absolute Gasteiger partial charge is 0.462 e. The van der Waals surface area contributed by atoms with Crippen molar-refractivity contribution in [2.45, 2.75) is 52.1 Å². The second kappa shape index (κ2) is 8.15. The van der Waals surface area contributed by atoms with Gasteiger partial charge in [-0.3, -0.25) is 4.79 Å². The lowest BCUT2D eigenvalue weighted by atomic mass is 9.96. The first kappa shape index (κ1) is 17.7. The lowest BCUT2D eigenvalue weighted by Crippen LogP contribution is -2.28. The fourth-order valence-electron chi connectivity index (χ4n) is 2.08. The summed E-state index contributed by atoms with van der Waals surface area (Å²) < 4.78 is 5.82. The number of ether oxygens (including phenoxy) is 1. The van der Waals surface area contributed by atoms with E-state index in [2.05, 4.69) is 39.0 Å². The lowest BCUT2D eigenvalue weighted by molar-refractivity contribution is -0.138. The van der Waals surface area contributed by atoms with Gasteiger partial charge in [0.1, 0.15) is 5.60 Å². The van der Waals surface area contributed by atoms with E-state index in [1.165, 1.54) is 28.7 Å². The van der Waals surface area contributed by atoms with Gasteiger partial charge in [-0.1, -0.05) is 0 Å². The molecule has 1 N–H and O–H groups in total. The molecule has 2 rings (SSSR count). The Kier molecular flexibility index (Phi) is 7.20. The van der Waals surface area contributed by atoms with Crippen molar-refractivity contribution in [3.05, 3.63) is 20.3 Å². The molecule has 0 aliphatic carbocycles. The molecule has 2 heterocycles. The molecule has 0 radical (unpaired) electrons. The molecule has 1 aromatic heterocycles. The molecule has 1 aliphatic heterocycles. The van der Waals surface area contributed by atoms with Crippen LogP contribution < -0.4 is 5.32 Å². The SMILES string of the molecule is CC(C)(C)OC=O.Cc1cc(Br)sc1C1CCCNC1. The van der Waals surface area contributed by atoms with Crippen LogP contribution in [0.15, 0.2) is 9.85 Å². The Balaban J connectivity index is 0.000000246. The Morgan fingerprint density at radius 2 is 2.20 bits per heavy atom. The van der Waals surface area contributed by atoms with Gasteiger partial charge in [-0.2, -0.15) is 0 Å². The standard InChI is InChI=1S/C10H14BrNS.C5H10O2/c1-7-5-9(11)13-10(7)8-3-2-4-12-6-8;1-5(2,3)7-4-6/h5,8,12H,2-4,6H2,1H3;4H,1-3H3. The van der Waals surface area contributed by atoms with E-state index in [1.54, 1.807) is 4.88 Å². The number of hydrogen-bond donors (Lipinski definition) is 1. The highest BCUT2D eigenvalue weighted by Gasteiger charge is 2.18. The van der Waals surface area contributed by atoms with Crippen LogP contribution >= 0.6 is 27.3 Å². The summed E-state index contributed by atoms with van der Waals surface area (Å²) in [4.78, 5) is 11.2. The number of thiophene rings is 1. The number of nitrogens with one attached hydrogen (secondary N) is 1. The third-order valence-corrected chi connectivity index (χ3v) is 4.90. The van der Waals surface area contributed by atoms with Crippen LogP contribution in [0.3, 0.4) is 0 Å². The van der Waals surface area contributed by atoms with Gasteiger partial charge in [0.25, 0.3) is 6.47 Å². The molecule has 0 amide bonds. The van der Waals surface area contributed by atoms with Crippen molar-refractivity contribution >= 4 is 33.7 Å². The number of carbonyl (C=O) groups excluding carboxylic acids is 1. The zero-order chi connectivity index (χ0) is 15.2. The Bertz CT molecular complexity index is 420. The second-order valence-electron chi connectivity index (χ2n) is 5.97. The summed E-state index contributed by atoms with van der Waals surface area (Å²) in [5.41, 5.74) is 1.13. The summed E-state index contributed by atoms with van der Waals surface area (Å²) in [6.45, 7) is 10.5. The molecule has 1 fully saturated rings. The van der Waals surface area contributed by atoms with Crippen LogP contribution in [0.4, 0.5) is 0 Å². The molecule has 0 bridgehead atoms. The Labute approximate surface area is 134 Å². The van der Waals surface area contributed by atoms with Crippen molar-refractivity contribution in [2.75, 3.05) is 13.1 Å². The molecule has 3 nitrogen and oxygen atoms in total. The smallest absolute Gasteiger partial charge is 0.293 e. The first-order chi connectivity index (χ1) is 9.33. The summed E-state index contributed by atoms with van der Waals surface area (Å²) in [5.74, 6) is 0.755. The summed E-state index contributed by atoms with van der Waals surface area (Å²) >= 11 is 5.45. The zero-order valence-corrected chi connectivity index (χ0v) is 15.1. The monoisotopic (exact) mass is 361 g/mol. The molecule has 1 saturated heterocycles. The number of halogens is 1. The van der Waals surface area contributed by atoms with E-state index in [9.17, 15) is 4.79 Å². The van der Waals surface area contributed by atoms with Crippen LogP contribution in [-0.2, 0) is 9.53 Å². The van der Waals surface area contributed by atoms with Crippen LogP contribution in [0, 0.1) is 6.92 Å². The van der Waals surface area contributed by atoms with E-state index in [-0.39, 0.29) is 5.60 Å². The lowest BCUT2D eigenvalue weighted by Gasteiger charge is -2.22. The molecule has 114 valence electrons. The van der Waals surface area contributed by atoms with Crippen LogP contribution in [0.25, 0.3) is 0 Å². The van der Waals surface area contributed by atoms with Gasteiger partial charge in [0.05, 0.1) is 3.79 Å². The fourth-order valence-corrected chi connectivity index (χ4v) is 3.98. The minimum atomic E-state index is -0.318. The van der Waals surface area contributed by atoms with Gasteiger partial charge in [0.15, 0.2) is 0 Å². The van der Waals surface area contributed by atoms with Crippen molar-refractivity contribution in [1.29, 1.82) is 0 Å². The number of hydrogen-bond acceptors (Lipinski definition) is 4. The summed E-state index contributed by atoms with van der Waals surface area (Å²) in [6, 6.07) is 2.23. The maximum absolute atomic E-state index is 9.60. The Morgan fingerprint density at radius 3 is 2.55 bits per heavy atom. The molecule has 0 saturated carbocycles. The zero-order valence-electron chi connectivity index (χ0n) is 12.7. The summed E-state index contributed by atoms with van der Waals surface area (Å²) in [6.07, 6.45) is 2.67. The van der Waals surface area contributed by atoms with Gasteiger partial charge in [0, 0.05) is 17.3 Å². The molecule has 5 heteroatoms. The molecule has 20 heavy (non-hydrogen) atoms. The Hall–Kier alpha value is -0.390. The van der Waals surface area contributed by atoms with Crippen molar-refractivity contribution in [1.82, 2.24) is 5.32 Å². The topological polar surface area (TPSA) is 38.3 Å². The average molecular weight is 362 g/mol. The number of rotatable bonds is 2. The first-order valence-electron chi connectivity index (χ1n) is 6.91. The van der Waals surface area contributed by atoms with E-state index in [1.807, 2.05) is 32.1 Å². The second-order valence-corrected chi connectivity index (χ2v) is 8.43. The van der Waals surface area contributed by atoms with Crippen LogP contribution in [0.5, 0.6) is 0 Å². The highest BCUT2D eigenvalue weighted by molar-refractivity contribution is 9.11. The fraction of sp³-hybridized carbons (Fsp3) is 0.667. The highest BCUT2D eigenvalue weighted by atomic mass is 79.9. The molecular weight excluding hydrogens is 338 g/mol. The Morgan fingerprint density at radius 1 is 1.50 bits per heavy atom. The van der Waals surface area contributed by atoms with Crippen molar-refractivity contribution in [3.63, 3.8) is 0 Å². The number of aryl methyl sites for hydroxylation is 1. The van der Waals surface area contributed by atoms with Gasteiger partial charge in [-0.15, -0.1) is 11.3 Å². The van der Waals surface area contributed by atoms with Gasteiger partial charge in [-0.25, -0.2) is 0 Å². The average Bonchev–Trinajstić information content (AvgIpc) is 2.69. The van der Waals surface area contributed by atoms with Crippen molar-refractivity contribution in [3.8, 4) is 0 Å². The van der Waals surface area contributed by atoms with Gasteiger partial charge in [0.2, 0.25) is 0 Å². The van der Waals surface area contributed by atoms with E-state index >= 15 is 0 Å². The van der Waals surface area contributed by atoms with E-state index in [4.69, 9.17) is 0 Å². The third-order valence-electron chi connectivity index (χ3n) is 3.00. The molecule has 1 atom stereocenters. The van der Waals surface area contributed by atoms with Gasteiger partial charge in [-0.05, 0) is 74.6 Å². The van der Waals surface area contributed by atoms with Crippen molar-refractivity contribution in [2.24, 2.45) is 0 Å². The minimum Gasteiger partial charge on any atom is -0.462 e. The maximum atomic E-state index is 9.60. The van der Waals surface area contributed by atoms with Gasteiger partial charge >= 0.3 is 0 Å². The molecule has 1 aliphatic rings. The summed E-state index contributed by atoms with van der Waals surface area (Å²) in [5, 5.41) is 3.46. The molecule has 0 aromatic carbocycles. The molecular formula is C15H24BrNO2S. The van der Waals surface area contributed by atoms with Crippen LogP contribution in [0.2, 0.25) is 0 Å². The van der Waals surface area contributed by atoms with E-state index < -0.39 is 0 Å². The molecule has 0 spiro atoms. The highest BCUT2D eigenvalue weighted by Crippen LogP contribution is 2.35. The van der Waals surface area contributed by atoms with Gasteiger partial charge < -0.3 is 10.1 Å². The predicted molar refractivity (Wildman–Crippen MR) is 88.5 cm³/mol. The van der Waals surface area contributed by atoms with Crippen molar-refractivity contribution < 1.29 is 9.53 Å². The molecule has 1 aromatic rings. The number of piperidine rings is 1. The van der Waals surface area contributed by atoms with E-state index in [0.29, 0.717) is 6.47 Å². The first-order valence-corrected chi connectivity index (χ1v) is 8.52. The molecule has 1 unspecified atom stereocenters. The normalized spacial score (nSPS) is 18.9. The third kappa shape index (κ3) is 6.37. The quantitative estimate of drug-likeness (QED) is 0.800.